The second-order valence-corrected chi connectivity index (χ2v) is 5.92. The standard InChI is InChI=1S/C17H16N2O3S/c1-12-14(18-17(22-12)15-8-5-9-23-15)10-16(20)19-21-11-13-6-3-2-4-7-13/h2-9H,10-11H2,1H3,(H,19,20). The molecule has 0 aliphatic rings. The lowest BCUT2D eigenvalue weighted by molar-refractivity contribution is -0.133. The molecule has 0 saturated carbocycles. The molecule has 0 aliphatic carbocycles. The molecule has 1 aromatic carbocycles. The molecular weight excluding hydrogens is 312 g/mol. The number of hydrogen-bond donors (Lipinski definition) is 1. The number of aromatic nitrogens is 1. The minimum absolute atomic E-state index is 0.121. The van der Waals surface area contributed by atoms with E-state index in [0.717, 1.165) is 10.4 Å². The first-order chi connectivity index (χ1) is 11.2. The first-order valence-corrected chi connectivity index (χ1v) is 8.05. The average Bonchev–Trinajstić information content (AvgIpc) is 3.19. The SMILES string of the molecule is Cc1oc(-c2cccs2)nc1CC(=O)NOCc1ccccc1. The fraction of sp³-hybridized carbons (Fsp3) is 0.176. The lowest BCUT2D eigenvalue weighted by atomic mass is 10.2. The maximum Gasteiger partial charge on any atom is 0.249 e. The molecule has 118 valence electrons. The molecule has 0 spiro atoms. The Balaban J connectivity index is 1.54. The third kappa shape index (κ3) is 4.06. The molecule has 0 saturated heterocycles. The van der Waals surface area contributed by atoms with Crippen LogP contribution in [-0.4, -0.2) is 10.9 Å². The van der Waals surface area contributed by atoms with Crippen LogP contribution in [0.3, 0.4) is 0 Å². The molecule has 23 heavy (non-hydrogen) atoms. The zero-order valence-electron chi connectivity index (χ0n) is 12.6. The van der Waals surface area contributed by atoms with Crippen LogP contribution in [0.25, 0.3) is 10.8 Å². The summed E-state index contributed by atoms with van der Waals surface area (Å²) in [7, 11) is 0. The molecule has 3 aromatic rings. The van der Waals surface area contributed by atoms with Gasteiger partial charge >= 0.3 is 0 Å². The van der Waals surface area contributed by atoms with E-state index in [9.17, 15) is 4.79 Å². The van der Waals surface area contributed by atoms with Gasteiger partial charge in [0.15, 0.2) is 0 Å². The van der Waals surface area contributed by atoms with E-state index in [1.54, 1.807) is 18.3 Å². The zero-order chi connectivity index (χ0) is 16.1. The van der Waals surface area contributed by atoms with Crippen molar-refractivity contribution in [3.63, 3.8) is 0 Å². The number of amides is 1. The van der Waals surface area contributed by atoms with Crippen molar-refractivity contribution < 1.29 is 14.0 Å². The molecule has 0 fully saturated rings. The van der Waals surface area contributed by atoms with Crippen LogP contribution in [0.1, 0.15) is 17.0 Å². The van der Waals surface area contributed by atoms with Gasteiger partial charge in [-0.2, -0.15) is 0 Å². The molecule has 1 N–H and O–H groups in total. The van der Waals surface area contributed by atoms with E-state index in [4.69, 9.17) is 9.25 Å². The van der Waals surface area contributed by atoms with Crippen molar-refractivity contribution in [2.24, 2.45) is 0 Å². The smallest absolute Gasteiger partial charge is 0.249 e. The van der Waals surface area contributed by atoms with Gasteiger partial charge in [-0.3, -0.25) is 9.63 Å². The predicted molar refractivity (Wildman–Crippen MR) is 87.6 cm³/mol. The van der Waals surface area contributed by atoms with E-state index in [0.29, 0.717) is 24.0 Å². The molecule has 0 atom stereocenters. The number of rotatable bonds is 6. The summed E-state index contributed by atoms with van der Waals surface area (Å²) in [5.74, 6) is 0.937. The number of aryl methyl sites for hydroxylation is 1. The first kappa shape index (κ1) is 15.5. The van der Waals surface area contributed by atoms with Crippen molar-refractivity contribution >= 4 is 17.2 Å². The molecule has 2 aromatic heterocycles. The molecule has 3 rings (SSSR count). The molecule has 6 heteroatoms. The van der Waals surface area contributed by atoms with Crippen LogP contribution in [-0.2, 0) is 22.7 Å². The molecule has 1 amide bonds. The summed E-state index contributed by atoms with van der Waals surface area (Å²) < 4.78 is 5.61. The van der Waals surface area contributed by atoms with Crippen LogP contribution in [0.15, 0.2) is 52.3 Å². The highest BCUT2D eigenvalue weighted by Crippen LogP contribution is 2.25. The summed E-state index contributed by atoms with van der Waals surface area (Å²) in [5, 5.41) is 1.96. The summed E-state index contributed by atoms with van der Waals surface area (Å²) in [6.07, 6.45) is 0.121. The van der Waals surface area contributed by atoms with E-state index in [2.05, 4.69) is 10.5 Å². The van der Waals surface area contributed by atoms with Gasteiger partial charge in [-0.1, -0.05) is 36.4 Å². The van der Waals surface area contributed by atoms with Crippen molar-refractivity contribution in [2.45, 2.75) is 20.0 Å². The Bertz CT molecular complexity index is 767. The van der Waals surface area contributed by atoms with Crippen molar-refractivity contribution in [1.82, 2.24) is 10.5 Å². The number of carbonyl (C=O) groups excluding carboxylic acids is 1. The van der Waals surface area contributed by atoms with Crippen molar-refractivity contribution in [3.05, 3.63) is 64.9 Å². The van der Waals surface area contributed by atoms with Crippen LogP contribution in [0.2, 0.25) is 0 Å². The number of thiophene rings is 1. The minimum atomic E-state index is -0.255. The van der Waals surface area contributed by atoms with Gasteiger partial charge in [0.25, 0.3) is 0 Å². The summed E-state index contributed by atoms with van der Waals surface area (Å²) >= 11 is 1.55. The topological polar surface area (TPSA) is 64.4 Å². The van der Waals surface area contributed by atoms with Gasteiger partial charge in [0, 0.05) is 0 Å². The quantitative estimate of drug-likeness (QED) is 0.703. The Labute approximate surface area is 137 Å². The van der Waals surface area contributed by atoms with Crippen LogP contribution >= 0.6 is 11.3 Å². The Hall–Kier alpha value is -2.44. The maximum atomic E-state index is 11.9. The number of hydrogen-bond acceptors (Lipinski definition) is 5. The van der Waals surface area contributed by atoms with E-state index in [1.807, 2.05) is 47.8 Å². The van der Waals surface area contributed by atoms with Gasteiger partial charge in [0.1, 0.15) is 5.76 Å². The van der Waals surface area contributed by atoms with Crippen molar-refractivity contribution in [2.75, 3.05) is 0 Å². The normalized spacial score (nSPS) is 10.7. The Kier molecular flexibility index (Phi) is 4.85. The minimum Gasteiger partial charge on any atom is -0.440 e. The Morgan fingerprint density at radius 2 is 2.09 bits per heavy atom. The van der Waals surface area contributed by atoms with Crippen LogP contribution < -0.4 is 5.48 Å². The van der Waals surface area contributed by atoms with Crippen LogP contribution in [0.4, 0.5) is 0 Å². The Morgan fingerprint density at radius 3 is 2.83 bits per heavy atom. The summed E-state index contributed by atoms with van der Waals surface area (Å²) in [5.41, 5.74) is 4.04. The third-order valence-corrected chi connectivity index (χ3v) is 4.08. The lowest BCUT2D eigenvalue weighted by Gasteiger charge is -2.05. The summed E-state index contributed by atoms with van der Waals surface area (Å²) in [6.45, 7) is 2.13. The lowest BCUT2D eigenvalue weighted by Crippen LogP contribution is -2.25. The van der Waals surface area contributed by atoms with Crippen molar-refractivity contribution in [3.8, 4) is 10.8 Å². The van der Waals surface area contributed by atoms with Crippen LogP contribution in [0, 0.1) is 6.92 Å². The second kappa shape index (κ2) is 7.21. The number of oxazole rings is 1. The number of benzene rings is 1. The predicted octanol–water partition coefficient (Wildman–Crippen LogP) is 3.50. The fourth-order valence-corrected chi connectivity index (χ4v) is 2.71. The number of hydroxylamine groups is 1. The van der Waals surface area contributed by atoms with Gasteiger partial charge in [0.2, 0.25) is 11.8 Å². The summed E-state index contributed by atoms with van der Waals surface area (Å²) in [4.78, 5) is 22.5. The Morgan fingerprint density at radius 1 is 1.26 bits per heavy atom. The number of nitrogens with zero attached hydrogens (tertiary/aromatic N) is 1. The molecular formula is C17H16N2O3S. The molecule has 0 radical (unpaired) electrons. The van der Waals surface area contributed by atoms with Gasteiger partial charge in [-0.25, -0.2) is 10.5 Å². The average molecular weight is 328 g/mol. The molecule has 0 aliphatic heterocycles. The van der Waals surface area contributed by atoms with Crippen molar-refractivity contribution in [1.29, 1.82) is 0 Å². The number of nitrogens with one attached hydrogen (secondary N) is 1. The fourth-order valence-electron chi connectivity index (χ4n) is 2.06. The second-order valence-electron chi connectivity index (χ2n) is 4.98. The highest BCUT2D eigenvalue weighted by molar-refractivity contribution is 7.13. The monoisotopic (exact) mass is 328 g/mol. The van der Waals surface area contributed by atoms with E-state index in [-0.39, 0.29) is 12.3 Å². The first-order valence-electron chi connectivity index (χ1n) is 7.17. The van der Waals surface area contributed by atoms with E-state index >= 15 is 0 Å². The largest absolute Gasteiger partial charge is 0.440 e. The molecule has 0 unspecified atom stereocenters. The van der Waals surface area contributed by atoms with Gasteiger partial charge in [-0.15, -0.1) is 11.3 Å². The van der Waals surface area contributed by atoms with E-state index < -0.39 is 0 Å². The highest BCUT2D eigenvalue weighted by atomic mass is 32.1. The zero-order valence-corrected chi connectivity index (χ0v) is 13.4. The third-order valence-electron chi connectivity index (χ3n) is 3.22. The van der Waals surface area contributed by atoms with Crippen LogP contribution in [0.5, 0.6) is 0 Å². The van der Waals surface area contributed by atoms with E-state index in [1.165, 1.54) is 0 Å². The molecule has 0 bridgehead atoms. The number of carbonyl (C=O) groups is 1. The summed E-state index contributed by atoms with van der Waals surface area (Å²) in [6, 6.07) is 13.5. The van der Waals surface area contributed by atoms with Gasteiger partial charge in [-0.05, 0) is 23.9 Å². The molecule has 5 nitrogen and oxygen atoms in total. The van der Waals surface area contributed by atoms with Gasteiger partial charge < -0.3 is 4.42 Å². The molecule has 2 heterocycles. The van der Waals surface area contributed by atoms with Gasteiger partial charge in [0.05, 0.1) is 23.6 Å². The highest BCUT2D eigenvalue weighted by Gasteiger charge is 2.15. The maximum absolute atomic E-state index is 11.9.